The van der Waals surface area contributed by atoms with Crippen LogP contribution < -0.4 is 15.5 Å². The molecular formula is C27H23Cl3N4O3. The third-order valence-electron chi connectivity index (χ3n) is 7.15. The number of nitrogens with one attached hydrogen (secondary N) is 2. The monoisotopic (exact) mass is 556 g/mol. The summed E-state index contributed by atoms with van der Waals surface area (Å²) >= 11 is 19.1. The largest absolute Gasteiger partial charge is 0.327 e. The van der Waals surface area contributed by atoms with Crippen LogP contribution in [0.15, 0.2) is 54.7 Å². The predicted molar refractivity (Wildman–Crippen MR) is 144 cm³/mol. The highest BCUT2D eigenvalue weighted by molar-refractivity contribution is 6.37. The summed E-state index contributed by atoms with van der Waals surface area (Å²) in [5.74, 6) is -2.22. The van der Waals surface area contributed by atoms with Crippen molar-refractivity contribution < 1.29 is 14.4 Å². The van der Waals surface area contributed by atoms with Crippen molar-refractivity contribution in [3.05, 3.63) is 86.6 Å². The quantitative estimate of drug-likeness (QED) is 0.323. The fourth-order valence-electron chi connectivity index (χ4n) is 5.73. The number of benzene rings is 2. The summed E-state index contributed by atoms with van der Waals surface area (Å²) in [4.78, 5) is 45.2. The van der Waals surface area contributed by atoms with Gasteiger partial charge in [0.25, 0.3) is 0 Å². The minimum Gasteiger partial charge on any atom is -0.327 e. The number of pyridine rings is 1. The van der Waals surface area contributed by atoms with Gasteiger partial charge in [0, 0.05) is 34.4 Å². The Morgan fingerprint density at radius 3 is 2.51 bits per heavy atom. The maximum absolute atomic E-state index is 14.1. The van der Waals surface area contributed by atoms with Crippen molar-refractivity contribution in [2.75, 3.05) is 10.2 Å². The standard InChI is InChI=1S/C27H23Cl3N4O3/c1-14-7-15(28)9-18(8-14)34-25(36)22-21(12-17-5-3-4-6-31-17)33-27(2,23(22)26(34)37)19-10-16(29)11-20(30)24(19)32-13-35/h3-11,13,21-23,33H,12H2,1-2H3,(H,32,35). The number of nitrogens with zero attached hydrogens (tertiary/aromatic N) is 2. The van der Waals surface area contributed by atoms with Gasteiger partial charge in [-0.25, -0.2) is 4.90 Å². The second-order valence-electron chi connectivity index (χ2n) is 9.55. The molecule has 4 unspecified atom stereocenters. The highest BCUT2D eigenvalue weighted by Crippen LogP contribution is 2.52. The molecule has 2 aromatic carbocycles. The van der Waals surface area contributed by atoms with Crippen LogP contribution in [0.25, 0.3) is 0 Å². The van der Waals surface area contributed by atoms with Crippen molar-refractivity contribution in [1.29, 1.82) is 0 Å². The lowest BCUT2D eigenvalue weighted by Crippen LogP contribution is -2.48. The predicted octanol–water partition coefficient (Wildman–Crippen LogP) is 5.15. The lowest BCUT2D eigenvalue weighted by atomic mass is 9.76. The smallest absolute Gasteiger partial charge is 0.239 e. The van der Waals surface area contributed by atoms with Gasteiger partial charge in [-0.1, -0.05) is 40.9 Å². The Hall–Kier alpha value is -2.97. The molecule has 0 radical (unpaired) electrons. The van der Waals surface area contributed by atoms with Gasteiger partial charge in [-0.05, 0) is 67.4 Å². The molecule has 3 heterocycles. The second-order valence-corrected chi connectivity index (χ2v) is 10.8. The number of rotatable bonds is 6. The van der Waals surface area contributed by atoms with Crippen LogP contribution in [0.1, 0.15) is 23.7 Å². The number of anilines is 2. The molecule has 7 nitrogen and oxygen atoms in total. The van der Waals surface area contributed by atoms with E-state index in [1.54, 1.807) is 30.5 Å². The molecule has 5 rings (SSSR count). The van der Waals surface area contributed by atoms with E-state index in [1.807, 2.05) is 32.0 Å². The van der Waals surface area contributed by atoms with Gasteiger partial charge in [0.1, 0.15) is 0 Å². The molecule has 2 aliphatic rings. The van der Waals surface area contributed by atoms with E-state index in [1.165, 1.54) is 11.0 Å². The third-order valence-corrected chi connectivity index (χ3v) is 7.88. The minimum absolute atomic E-state index is 0.224. The molecule has 4 atom stereocenters. The zero-order chi connectivity index (χ0) is 26.5. The number of aryl methyl sites for hydroxylation is 1. The maximum Gasteiger partial charge on any atom is 0.239 e. The van der Waals surface area contributed by atoms with Gasteiger partial charge in [0.05, 0.1) is 33.8 Å². The van der Waals surface area contributed by atoms with E-state index in [-0.39, 0.29) is 16.8 Å². The Morgan fingerprint density at radius 1 is 1.08 bits per heavy atom. The number of amides is 3. The first-order valence-corrected chi connectivity index (χ1v) is 12.8. The molecule has 0 saturated carbocycles. The summed E-state index contributed by atoms with van der Waals surface area (Å²) in [6.45, 7) is 3.68. The first kappa shape index (κ1) is 25.7. The molecule has 2 aliphatic heterocycles. The van der Waals surface area contributed by atoms with Crippen LogP contribution in [0.3, 0.4) is 0 Å². The first-order chi connectivity index (χ1) is 17.6. The Balaban J connectivity index is 1.67. The Bertz CT molecular complexity index is 1400. The van der Waals surface area contributed by atoms with Gasteiger partial charge in [-0.3, -0.25) is 19.4 Å². The molecule has 2 fully saturated rings. The van der Waals surface area contributed by atoms with Crippen molar-refractivity contribution in [1.82, 2.24) is 10.3 Å². The van der Waals surface area contributed by atoms with Crippen molar-refractivity contribution >= 4 is 64.4 Å². The van der Waals surface area contributed by atoms with Gasteiger partial charge >= 0.3 is 0 Å². The molecule has 2 saturated heterocycles. The van der Waals surface area contributed by atoms with Gasteiger partial charge in [0.15, 0.2) is 0 Å². The average molecular weight is 558 g/mol. The van der Waals surface area contributed by atoms with E-state index in [2.05, 4.69) is 15.6 Å². The highest BCUT2D eigenvalue weighted by atomic mass is 35.5. The molecule has 3 aromatic rings. The molecule has 1 aromatic heterocycles. The molecule has 37 heavy (non-hydrogen) atoms. The number of halogens is 3. The molecule has 0 bridgehead atoms. The Labute approximate surface area is 229 Å². The highest BCUT2D eigenvalue weighted by Gasteiger charge is 2.64. The molecular weight excluding hydrogens is 535 g/mol. The summed E-state index contributed by atoms with van der Waals surface area (Å²) in [7, 11) is 0. The molecule has 2 N–H and O–H groups in total. The van der Waals surface area contributed by atoms with Gasteiger partial charge in [-0.2, -0.15) is 0 Å². The van der Waals surface area contributed by atoms with Crippen LogP contribution in [-0.2, 0) is 26.3 Å². The van der Waals surface area contributed by atoms with E-state index in [9.17, 15) is 14.4 Å². The topological polar surface area (TPSA) is 91.4 Å². The number of carbonyl (C=O) groups is 3. The van der Waals surface area contributed by atoms with Crippen molar-refractivity contribution in [2.45, 2.75) is 31.8 Å². The SMILES string of the molecule is Cc1cc(Cl)cc(N2C(=O)C3C(Cc4ccccn4)NC(C)(c4cc(Cl)cc(Cl)c4NC=O)C3C2=O)c1. The van der Waals surface area contributed by atoms with Gasteiger partial charge < -0.3 is 10.6 Å². The number of fused-ring (bicyclic) bond motifs is 1. The molecule has 3 amide bonds. The zero-order valence-corrected chi connectivity index (χ0v) is 22.2. The van der Waals surface area contributed by atoms with Gasteiger partial charge in [0.2, 0.25) is 18.2 Å². The van der Waals surface area contributed by atoms with Crippen LogP contribution >= 0.6 is 34.8 Å². The van der Waals surface area contributed by atoms with Crippen LogP contribution in [-0.4, -0.2) is 29.3 Å². The van der Waals surface area contributed by atoms with Crippen molar-refractivity contribution in [2.24, 2.45) is 11.8 Å². The lowest BCUT2D eigenvalue weighted by molar-refractivity contribution is -0.123. The summed E-state index contributed by atoms with van der Waals surface area (Å²) < 4.78 is 0. The fourth-order valence-corrected chi connectivity index (χ4v) is 6.56. The fraction of sp³-hybridized carbons (Fsp3) is 0.259. The summed E-state index contributed by atoms with van der Waals surface area (Å²) in [6, 6.07) is 13.4. The maximum atomic E-state index is 14.1. The average Bonchev–Trinajstić information content (AvgIpc) is 3.28. The van der Waals surface area contributed by atoms with Crippen molar-refractivity contribution in [3.63, 3.8) is 0 Å². The Morgan fingerprint density at radius 2 is 1.84 bits per heavy atom. The van der Waals surface area contributed by atoms with Crippen molar-refractivity contribution in [3.8, 4) is 0 Å². The Kier molecular flexibility index (Phi) is 6.75. The molecule has 0 aliphatic carbocycles. The number of imide groups is 1. The molecule has 10 heteroatoms. The van der Waals surface area contributed by atoms with Crippen LogP contribution in [0.2, 0.25) is 15.1 Å². The van der Waals surface area contributed by atoms with Crippen LogP contribution in [0.5, 0.6) is 0 Å². The van der Waals surface area contributed by atoms with E-state index in [0.717, 1.165) is 11.3 Å². The number of aromatic nitrogens is 1. The van der Waals surface area contributed by atoms with E-state index >= 15 is 0 Å². The van der Waals surface area contributed by atoms with Crippen LogP contribution in [0.4, 0.5) is 11.4 Å². The number of hydrogen-bond acceptors (Lipinski definition) is 5. The van der Waals surface area contributed by atoms with Crippen LogP contribution in [0, 0.1) is 18.8 Å². The van der Waals surface area contributed by atoms with E-state index < -0.39 is 23.4 Å². The van der Waals surface area contributed by atoms with E-state index in [0.29, 0.717) is 39.8 Å². The minimum atomic E-state index is -1.10. The number of hydrogen-bond donors (Lipinski definition) is 2. The summed E-state index contributed by atoms with van der Waals surface area (Å²) in [6.07, 6.45) is 2.61. The zero-order valence-electron chi connectivity index (χ0n) is 20.0. The van der Waals surface area contributed by atoms with Gasteiger partial charge in [-0.15, -0.1) is 0 Å². The normalized spacial score (nSPS) is 24.9. The number of carbonyl (C=O) groups excluding carboxylic acids is 3. The first-order valence-electron chi connectivity index (χ1n) is 11.7. The second kappa shape index (κ2) is 9.72. The third kappa shape index (κ3) is 4.40. The summed E-state index contributed by atoms with van der Waals surface area (Å²) in [5, 5.41) is 7.18. The lowest BCUT2D eigenvalue weighted by Gasteiger charge is -2.34. The molecule has 0 spiro atoms. The summed E-state index contributed by atoms with van der Waals surface area (Å²) in [5.41, 5.74) is 1.76. The molecule has 190 valence electrons. The van der Waals surface area contributed by atoms with E-state index in [4.69, 9.17) is 34.8 Å².